The molecule has 0 radical (unpaired) electrons. The zero-order valence-electron chi connectivity index (χ0n) is 11.5. The molecule has 6 nitrogen and oxygen atoms in total. The summed E-state index contributed by atoms with van der Waals surface area (Å²) in [5.74, 6) is 0. The number of carbonyl (C=O) groups excluding carboxylic acids is 1. The van der Waals surface area contributed by atoms with E-state index >= 15 is 0 Å². The summed E-state index contributed by atoms with van der Waals surface area (Å²) in [6.07, 6.45) is 1.15. The Hall–Kier alpha value is -0.820. The lowest BCUT2D eigenvalue weighted by atomic mass is 10.4. The van der Waals surface area contributed by atoms with Crippen LogP contribution in [0.4, 0.5) is 4.79 Å². The fourth-order valence-corrected chi connectivity index (χ4v) is 1.76. The second-order valence-electron chi connectivity index (χ2n) is 4.20. The van der Waals surface area contributed by atoms with Crippen molar-refractivity contribution in [2.45, 2.75) is 46.7 Å². The van der Waals surface area contributed by atoms with Gasteiger partial charge in [0.05, 0.1) is 6.26 Å². The smallest absolute Gasteiger partial charge is 0.314 e. The van der Waals surface area contributed by atoms with Crippen molar-refractivity contribution in [3.63, 3.8) is 0 Å². The number of sulfonamides is 1. The fourth-order valence-electron chi connectivity index (χ4n) is 0.902. The quantitative estimate of drug-likeness (QED) is 0.699. The van der Waals surface area contributed by atoms with Crippen molar-refractivity contribution in [1.82, 2.24) is 15.4 Å². The molecule has 0 aliphatic carbocycles. The Balaban J connectivity index is 0. The van der Waals surface area contributed by atoms with Crippen LogP contribution < -0.4 is 15.4 Å². The average Bonchev–Trinajstić information content (AvgIpc) is 1.97. The van der Waals surface area contributed by atoms with Crippen molar-refractivity contribution in [2.75, 3.05) is 12.8 Å². The van der Waals surface area contributed by atoms with Crippen molar-refractivity contribution < 1.29 is 13.2 Å². The molecule has 0 aliphatic heterocycles. The molecule has 0 rings (SSSR count). The normalized spacial score (nSPS) is 10.8. The van der Waals surface area contributed by atoms with E-state index in [1.165, 1.54) is 0 Å². The van der Waals surface area contributed by atoms with Gasteiger partial charge in [0.15, 0.2) is 0 Å². The van der Waals surface area contributed by atoms with Gasteiger partial charge in [-0.25, -0.2) is 17.9 Å². The first-order chi connectivity index (χ1) is 7.58. The first-order valence-electron chi connectivity index (χ1n) is 5.60. The summed E-state index contributed by atoms with van der Waals surface area (Å²) in [7, 11) is -2.97. The number of carbonyl (C=O) groups is 1. The van der Waals surface area contributed by atoms with Gasteiger partial charge in [-0.3, -0.25) is 0 Å². The lowest BCUT2D eigenvalue weighted by Crippen LogP contribution is -2.39. The van der Waals surface area contributed by atoms with Gasteiger partial charge in [-0.05, 0) is 34.6 Å². The molecule has 0 bridgehead atoms. The predicted molar refractivity (Wildman–Crippen MR) is 70.5 cm³/mol. The van der Waals surface area contributed by atoms with Crippen LogP contribution in [-0.2, 0) is 10.0 Å². The fraction of sp³-hybridized carbons (Fsp3) is 0.900. The molecule has 0 atom stereocenters. The number of hydrogen-bond donors (Lipinski definition) is 3. The van der Waals surface area contributed by atoms with Gasteiger partial charge in [0.25, 0.3) is 0 Å². The lowest BCUT2D eigenvalue weighted by Gasteiger charge is -2.07. The number of nitrogens with one attached hydrogen (secondary N) is 3. The van der Waals surface area contributed by atoms with Crippen molar-refractivity contribution in [1.29, 1.82) is 0 Å². The standard InChI is InChI=1S/C6H14N2O.C4H11NO2S/c1-4-7-6(9)8-5(2)3;1-4(2)5-8(3,6)7/h5H,4H2,1-3H3,(H2,7,8,9);4-5H,1-3H3. The lowest BCUT2D eigenvalue weighted by molar-refractivity contribution is 0.239. The first kappa shape index (κ1) is 18.5. The van der Waals surface area contributed by atoms with Gasteiger partial charge in [0.2, 0.25) is 10.0 Å². The Morgan fingerprint density at radius 3 is 1.76 bits per heavy atom. The average molecular weight is 267 g/mol. The summed E-state index contributed by atoms with van der Waals surface area (Å²) in [6.45, 7) is 9.98. The number of urea groups is 1. The molecule has 0 aromatic heterocycles. The van der Waals surface area contributed by atoms with Crippen LogP contribution in [0.15, 0.2) is 0 Å². The second-order valence-corrected chi connectivity index (χ2v) is 5.98. The van der Waals surface area contributed by atoms with Gasteiger partial charge in [0.1, 0.15) is 0 Å². The van der Waals surface area contributed by atoms with Crippen LogP contribution in [0.1, 0.15) is 34.6 Å². The van der Waals surface area contributed by atoms with Gasteiger partial charge < -0.3 is 10.6 Å². The molecule has 17 heavy (non-hydrogen) atoms. The Morgan fingerprint density at radius 1 is 1.12 bits per heavy atom. The Bertz CT molecular complexity index is 300. The molecule has 0 aromatic rings. The van der Waals surface area contributed by atoms with Crippen LogP contribution in [0.3, 0.4) is 0 Å². The number of hydrogen-bond acceptors (Lipinski definition) is 3. The molecule has 0 aromatic carbocycles. The Morgan fingerprint density at radius 2 is 1.59 bits per heavy atom. The van der Waals surface area contributed by atoms with E-state index < -0.39 is 10.0 Å². The van der Waals surface area contributed by atoms with Gasteiger partial charge >= 0.3 is 6.03 Å². The topological polar surface area (TPSA) is 87.3 Å². The minimum atomic E-state index is -2.97. The molecule has 0 heterocycles. The van der Waals surface area contributed by atoms with Crippen molar-refractivity contribution in [3.8, 4) is 0 Å². The summed E-state index contributed by atoms with van der Waals surface area (Å²) in [5, 5.41) is 5.32. The maximum absolute atomic E-state index is 10.6. The van der Waals surface area contributed by atoms with Crippen molar-refractivity contribution in [2.24, 2.45) is 0 Å². The maximum Gasteiger partial charge on any atom is 0.314 e. The van der Waals surface area contributed by atoms with Crippen molar-refractivity contribution in [3.05, 3.63) is 0 Å². The van der Waals surface area contributed by atoms with E-state index in [2.05, 4.69) is 15.4 Å². The van der Waals surface area contributed by atoms with Gasteiger partial charge in [-0.2, -0.15) is 0 Å². The highest BCUT2D eigenvalue weighted by molar-refractivity contribution is 7.88. The number of amides is 2. The molecule has 0 aliphatic rings. The Kier molecular flexibility index (Phi) is 10.1. The molecule has 0 spiro atoms. The summed E-state index contributed by atoms with van der Waals surface area (Å²) in [4.78, 5) is 10.6. The van der Waals surface area contributed by atoms with Gasteiger partial charge in [-0.1, -0.05) is 0 Å². The molecule has 2 amide bonds. The van der Waals surface area contributed by atoms with E-state index in [4.69, 9.17) is 0 Å². The molecular weight excluding hydrogens is 242 g/mol. The largest absolute Gasteiger partial charge is 0.338 e. The van der Waals surface area contributed by atoms with Gasteiger partial charge in [0, 0.05) is 18.6 Å². The summed E-state index contributed by atoms with van der Waals surface area (Å²) >= 11 is 0. The summed E-state index contributed by atoms with van der Waals surface area (Å²) in [6, 6.07) is 0.133. The van der Waals surface area contributed by atoms with Crippen LogP contribution in [0.2, 0.25) is 0 Å². The van der Waals surface area contributed by atoms with E-state index in [9.17, 15) is 13.2 Å². The van der Waals surface area contributed by atoms with E-state index in [-0.39, 0.29) is 18.1 Å². The second kappa shape index (κ2) is 9.23. The summed E-state index contributed by atoms with van der Waals surface area (Å²) < 4.78 is 23.0. The molecule has 0 saturated carbocycles. The molecule has 0 unspecified atom stereocenters. The monoisotopic (exact) mass is 267 g/mol. The molecular formula is C10H25N3O3S. The molecule has 7 heteroatoms. The molecule has 104 valence electrons. The van der Waals surface area contributed by atoms with E-state index in [0.29, 0.717) is 6.54 Å². The highest BCUT2D eigenvalue weighted by Crippen LogP contribution is 1.80. The van der Waals surface area contributed by atoms with Crippen molar-refractivity contribution >= 4 is 16.1 Å². The van der Waals surface area contributed by atoms with Gasteiger partial charge in [-0.15, -0.1) is 0 Å². The zero-order valence-corrected chi connectivity index (χ0v) is 12.3. The van der Waals surface area contributed by atoms with E-state index in [0.717, 1.165) is 6.26 Å². The predicted octanol–water partition coefficient (Wildman–Crippen LogP) is 0.658. The zero-order chi connectivity index (χ0) is 14.1. The van der Waals surface area contributed by atoms with Crippen LogP contribution in [-0.4, -0.2) is 39.3 Å². The highest BCUT2D eigenvalue weighted by atomic mass is 32.2. The maximum atomic E-state index is 10.6. The van der Waals surface area contributed by atoms with E-state index in [1.807, 2.05) is 20.8 Å². The highest BCUT2D eigenvalue weighted by Gasteiger charge is 2.00. The molecule has 3 N–H and O–H groups in total. The molecule has 0 fully saturated rings. The first-order valence-corrected chi connectivity index (χ1v) is 7.49. The SMILES string of the molecule is CC(C)NS(C)(=O)=O.CCNC(=O)NC(C)C. The minimum Gasteiger partial charge on any atom is -0.338 e. The Labute approximate surface area is 105 Å². The molecule has 0 saturated heterocycles. The van der Waals surface area contributed by atoms with Crippen LogP contribution in [0.25, 0.3) is 0 Å². The third-order valence-corrected chi connectivity index (χ3v) is 2.11. The minimum absolute atomic E-state index is 0.00463. The number of rotatable bonds is 4. The van der Waals surface area contributed by atoms with Crippen LogP contribution in [0.5, 0.6) is 0 Å². The third kappa shape index (κ3) is 21.1. The van der Waals surface area contributed by atoms with E-state index in [1.54, 1.807) is 13.8 Å². The van der Waals surface area contributed by atoms with Crippen LogP contribution in [0, 0.1) is 0 Å². The summed E-state index contributed by atoms with van der Waals surface area (Å²) in [5.41, 5.74) is 0. The van der Waals surface area contributed by atoms with Crippen LogP contribution >= 0.6 is 0 Å². The third-order valence-electron chi connectivity index (χ3n) is 1.21.